The van der Waals surface area contributed by atoms with E-state index in [0.717, 1.165) is 18.5 Å². The quantitative estimate of drug-likeness (QED) is 0.828. The number of hydrogen-bond donors (Lipinski definition) is 1. The minimum atomic E-state index is -0.133. The van der Waals surface area contributed by atoms with E-state index in [1.807, 2.05) is 17.8 Å². The summed E-state index contributed by atoms with van der Waals surface area (Å²) in [4.78, 5) is 1.22. The minimum absolute atomic E-state index is 0.133. The van der Waals surface area contributed by atoms with Gasteiger partial charge in [-0.3, -0.25) is 0 Å². The molecular weight excluding hydrogens is 209 g/mol. The number of hydrogen-bond acceptors (Lipinski definition) is 2. The largest absolute Gasteiger partial charge is 0.310 e. The average molecular weight is 225 g/mol. The van der Waals surface area contributed by atoms with E-state index in [0.29, 0.717) is 11.3 Å². The molecule has 1 aromatic rings. The lowest BCUT2D eigenvalue weighted by Gasteiger charge is -2.29. The van der Waals surface area contributed by atoms with E-state index in [9.17, 15) is 4.39 Å². The monoisotopic (exact) mass is 225 g/mol. The summed E-state index contributed by atoms with van der Waals surface area (Å²) in [5.74, 6) is -0.133. The second-order valence-corrected chi connectivity index (χ2v) is 5.44. The molecule has 0 saturated heterocycles. The van der Waals surface area contributed by atoms with Crippen LogP contribution in [-0.4, -0.2) is 11.8 Å². The molecule has 0 fully saturated rings. The lowest BCUT2D eigenvalue weighted by Crippen LogP contribution is -2.27. The van der Waals surface area contributed by atoms with Gasteiger partial charge in [0.2, 0.25) is 0 Å². The Kier molecular flexibility index (Phi) is 3.32. The highest BCUT2D eigenvalue weighted by atomic mass is 32.2. The molecule has 1 aliphatic rings. The zero-order valence-corrected chi connectivity index (χ0v) is 9.90. The zero-order valence-electron chi connectivity index (χ0n) is 9.09. The summed E-state index contributed by atoms with van der Waals surface area (Å²) in [7, 11) is 0. The molecule has 15 heavy (non-hydrogen) atoms. The summed E-state index contributed by atoms with van der Waals surface area (Å²) in [5, 5.41) is 4.02. The summed E-state index contributed by atoms with van der Waals surface area (Å²) >= 11 is 1.84. The van der Waals surface area contributed by atoms with Gasteiger partial charge in [0.05, 0.1) is 0 Å². The van der Waals surface area contributed by atoms with Crippen LogP contribution in [0.4, 0.5) is 4.39 Å². The van der Waals surface area contributed by atoms with Gasteiger partial charge in [0.25, 0.3) is 0 Å². The third kappa shape index (κ3) is 2.34. The highest BCUT2D eigenvalue weighted by Crippen LogP contribution is 2.40. The van der Waals surface area contributed by atoms with Gasteiger partial charge in [-0.1, -0.05) is 13.8 Å². The van der Waals surface area contributed by atoms with Gasteiger partial charge >= 0.3 is 0 Å². The predicted octanol–water partition coefficient (Wildman–Crippen LogP) is 3.36. The van der Waals surface area contributed by atoms with E-state index in [2.05, 4.69) is 19.2 Å². The molecule has 0 spiro atoms. The molecule has 0 saturated carbocycles. The van der Waals surface area contributed by atoms with Crippen LogP contribution >= 0.6 is 11.8 Å². The Morgan fingerprint density at radius 3 is 3.07 bits per heavy atom. The van der Waals surface area contributed by atoms with Gasteiger partial charge in [-0.15, -0.1) is 11.8 Å². The molecule has 2 unspecified atom stereocenters. The topological polar surface area (TPSA) is 12.0 Å². The van der Waals surface area contributed by atoms with E-state index in [1.54, 1.807) is 12.1 Å². The van der Waals surface area contributed by atoms with Gasteiger partial charge in [-0.05, 0) is 36.7 Å². The van der Waals surface area contributed by atoms with Crippen LogP contribution in [0, 0.1) is 5.82 Å². The maximum atomic E-state index is 13.2. The highest BCUT2D eigenvalue weighted by Gasteiger charge is 2.24. The fourth-order valence-corrected chi connectivity index (χ4v) is 3.27. The van der Waals surface area contributed by atoms with E-state index in [-0.39, 0.29) is 5.82 Å². The van der Waals surface area contributed by atoms with Crippen LogP contribution in [-0.2, 0) is 0 Å². The normalized spacial score (nSPS) is 25.0. The van der Waals surface area contributed by atoms with Crippen molar-refractivity contribution >= 4 is 11.8 Å². The Bertz CT molecular complexity index is 353. The summed E-state index contributed by atoms with van der Waals surface area (Å²) < 4.78 is 13.2. The molecule has 2 atom stereocenters. The summed E-state index contributed by atoms with van der Waals surface area (Å²) in [6, 6.07) is 5.43. The lowest BCUT2D eigenvalue weighted by molar-refractivity contribution is 0.495. The summed E-state index contributed by atoms with van der Waals surface area (Å²) in [6.45, 7) is 5.24. The zero-order chi connectivity index (χ0) is 10.8. The molecule has 0 amide bonds. The maximum absolute atomic E-state index is 13.2. The number of fused-ring (bicyclic) bond motifs is 1. The standard InChI is InChI=1S/C12H16FNS/c1-3-14-11-6-8(2)15-12-5-4-9(13)7-10(11)12/h4-5,7-8,11,14H,3,6H2,1-2H3. The smallest absolute Gasteiger partial charge is 0.123 e. The molecule has 2 rings (SSSR count). The van der Waals surface area contributed by atoms with Crippen LogP contribution in [0.5, 0.6) is 0 Å². The summed E-state index contributed by atoms with van der Waals surface area (Å²) in [5.41, 5.74) is 1.12. The molecule has 1 aromatic carbocycles. The Morgan fingerprint density at radius 1 is 1.53 bits per heavy atom. The fourth-order valence-electron chi connectivity index (χ4n) is 2.06. The number of nitrogens with one attached hydrogen (secondary N) is 1. The number of thioether (sulfide) groups is 1. The van der Waals surface area contributed by atoms with Crippen LogP contribution in [0.25, 0.3) is 0 Å². The molecule has 0 radical (unpaired) electrons. The van der Waals surface area contributed by atoms with E-state index in [1.165, 1.54) is 4.90 Å². The van der Waals surface area contributed by atoms with Crippen molar-refractivity contribution in [2.45, 2.75) is 36.5 Å². The molecule has 82 valence electrons. The molecule has 1 nitrogen and oxygen atoms in total. The fraction of sp³-hybridized carbons (Fsp3) is 0.500. The first-order valence-corrected chi connectivity index (χ1v) is 6.28. The molecule has 3 heteroatoms. The van der Waals surface area contributed by atoms with Crippen molar-refractivity contribution in [2.75, 3.05) is 6.54 Å². The number of rotatable bonds is 2. The van der Waals surface area contributed by atoms with Crippen LogP contribution < -0.4 is 5.32 Å². The molecule has 0 aliphatic carbocycles. The molecule has 1 heterocycles. The van der Waals surface area contributed by atoms with Gasteiger partial charge in [-0.2, -0.15) is 0 Å². The van der Waals surface area contributed by atoms with Crippen molar-refractivity contribution in [2.24, 2.45) is 0 Å². The number of halogens is 1. The van der Waals surface area contributed by atoms with Crippen molar-refractivity contribution < 1.29 is 4.39 Å². The van der Waals surface area contributed by atoms with E-state index < -0.39 is 0 Å². The third-order valence-electron chi connectivity index (χ3n) is 2.69. The van der Waals surface area contributed by atoms with Crippen molar-refractivity contribution in [1.29, 1.82) is 0 Å². The van der Waals surface area contributed by atoms with Gasteiger partial charge < -0.3 is 5.32 Å². The van der Waals surface area contributed by atoms with Crippen molar-refractivity contribution in [1.82, 2.24) is 5.32 Å². The van der Waals surface area contributed by atoms with E-state index in [4.69, 9.17) is 0 Å². The van der Waals surface area contributed by atoms with Crippen LogP contribution in [0.1, 0.15) is 31.9 Å². The van der Waals surface area contributed by atoms with Crippen LogP contribution in [0.3, 0.4) is 0 Å². The Balaban J connectivity index is 2.34. The Labute approximate surface area is 94.5 Å². The molecular formula is C12H16FNS. The average Bonchev–Trinajstić information content (AvgIpc) is 2.19. The Morgan fingerprint density at radius 2 is 2.33 bits per heavy atom. The maximum Gasteiger partial charge on any atom is 0.123 e. The molecule has 1 N–H and O–H groups in total. The number of benzene rings is 1. The van der Waals surface area contributed by atoms with Gasteiger partial charge in [0.15, 0.2) is 0 Å². The highest BCUT2D eigenvalue weighted by molar-refractivity contribution is 8.00. The minimum Gasteiger partial charge on any atom is -0.310 e. The molecule has 0 aromatic heterocycles. The lowest BCUT2D eigenvalue weighted by atomic mass is 10.0. The second-order valence-electron chi connectivity index (χ2n) is 3.96. The van der Waals surface area contributed by atoms with E-state index >= 15 is 0 Å². The van der Waals surface area contributed by atoms with Crippen molar-refractivity contribution in [3.8, 4) is 0 Å². The summed E-state index contributed by atoms with van der Waals surface area (Å²) in [6.07, 6.45) is 1.08. The van der Waals surface area contributed by atoms with Gasteiger partial charge in [0.1, 0.15) is 5.82 Å². The Hall–Kier alpha value is -0.540. The van der Waals surface area contributed by atoms with Gasteiger partial charge in [-0.25, -0.2) is 4.39 Å². The first kappa shape index (κ1) is 11.0. The first-order chi connectivity index (χ1) is 7.20. The molecule has 1 aliphatic heterocycles. The molecule has 0 bridgehead atoms. The van der Waals surface area contributed by atoms with Crippen LogP contribution in [0.15, 0.2) is 23.1 Å². The SMILES string of the molecule is CCNC1CC(C)Sc2ccc(F)cc21. The van der Waals surface area contributed by atoms with Gasteiger partial charge in [0, 0.05) is 16.2 Å². The van der Waals surface area contributed by atoms with Crippen molar-refractivity contribution in [3.05, 3.63) is 29.6 Å². The van der Waals surface area contributed by atoms with Crippen molar-refractivity contribution in [3.63, 3.8) is 0 Å². The second kappa shape index (κ2) is 4.54. The first-order valence-electron chi connectivity index (χ1n) is 5.40. The predicted molar refractivity (Wildman–Crippen MR) is 62.8 cm³/mol. The van der Waals surface area contributed by atoms with Crippen LogP contribution in [0.2, 0.25) is 0 Å². The third-order valence-corrected chi connectivity index (χ3v) is 3.91.